The number of benzene rings is 2. The summed E-state index contributed by atoms with van der Waals surface area (Å²) in [7, 11) is 0. The number of anilines is 2. The van der Waals surface area contributed by atoms with Crippen molar-refractivity contribution < 1.29 is 4.79 Å². The molecule has 1 N–H and O–H groups in total. The highest BCUT2D eigenvalue weighted by molar-refractivity contribution is 9.10. The Labute approximate surface area is 140 Å². The summed E-state index contributed by atoms with van der Waals surface area (Å²) in [6.07, 6.45) is 0.466. The zero-order valence-corrected chi connectivity index (χ0v) is 14.6. The molecule has 2 aromatic rings. The van der Waals surface area contributed by atoms with E-state index in [4.69, 9.17) is 0 Å². The fourth-order valence-corrected chi connectivity index (χ4v) is 2.64. The second-order valence-corrected chi connectivity index (χ2v) is 5.97. The van der Waals surface area contributed by atoms with Crippen LogP contribution in [0.3, 0.4) is 0 Å². The van der Waals surface area contributed by atoms with E-state index in [1.165, 1.54) is 5.56 Å². The number of carbonyl (C=O) groups excluding carboxylic acids is 1. The van der Waals surface area contributed by atoms with Crippen molar-refractivity contribution in [3.05, 3.63) is 58.6 Å². The minimum atomic E-state index is 0.132. The van der Waals surface area contributed by atoms with Gasteiger partial charge in [0.1, 0.15) is 0 Å². The molecule has 0 aliphatic carbocycles. The van der Waals surface area contributed by atoms with Crippen LogP contribution in [-0.2, 0) is 4.79 Å². The van der Waals surface area contributed by atoms with E-state index in [0.717, 1.165) is 15.8 Å². The van der Waals surface area contributed by atoms with Crippen molar-refractivity contribution in [2.45, 2.75) is 20.3 Å². The first-order valence-electron chi connectivity index (χ1n) is 7.47. The standard InChI is InChI=1S/C18H21BrN2O/c1-3-21(16-7-5-4-6-8-16)18(22)11-12-20-15-10-9-14(2)17(19)13-15/h4-10,13,20H,3,11-12H2,1-2H3. The highest BCUT2D eigenvalue weighted by atomic mass is 79.9. The molecule has 0 bridgehead atoms. The monoisotopic (exact) mass is 360 g/mol. The summed E-state index contributed by atoms with van der Waals surface area (Å²) < 4.78 is 1.07. The van der Waals surface area contributed by atoms with Crippen molar-refractivity contribution in [1.82, 2.24) is 0 Å². The van der Waals surface area contributed by atoms with E-state index in [2.05, 4.69) is 34.2 Å². The Balaban J connectivity index is 1.90. The largest absolute Gasteiger partial charge is 0.384 e. The van der Waals surface area contributed by atoms with Crippen LogP contribution < -0.4 is 10.2 Å². The average Bonchev–Trinajstić information content (AvgIpc) is 2.52. The molecule has 3 nitrogen and oxygen atoms in total. The summed E-state index contributed by atoms with van der Waals surface area (Å²) in [6.45, 7) is 5.35. The van der Waals surface area contributed by atoms with E-state index in [-0.39, 0.29) is 5.91 Å². The Bertz CT molecular complexity index is 628. The topological polar surface area (TPSA) is 32.3 Å². The van der Waals surface area contributed by atoms with Crippen molar-refractivity contribution in [1.29, 1.82) is 0 Å². The molecule has 0 saturated carbocycles. The van der Waals surface area contributed by atoms with Crippen molar-refractivity contribution in [2.24, 2.45) is 0 Å². The molecule has 0 aromatic heterocycles. The minimum absolute atomic E-state index is 0.132. The first-order valence-corrected chi connectivity index (χ1v) is 8.26. The van der Waals surface area contributed by atoms with Gasteiger partial charge in [-0.05, 0) is 43.7 Å². The molecule has 2 aromatic carbocycles. The summed E-state index contributed by atoms with van der Waals surface area (Å²) in [5, 5.41) is 3.30. The molecular formula is C18H21BrN2O. The number of amides is 1. The maximum Gasteiger partial charge on any atom is 0.228 e. The van der Waals surface area contributed by atoms with E-state index in [0.29, 0.717) is 19.5 Å². The number of hydrogen-bond donors (Lipinski definition) is 1. The lowest BCUT2D eigenvalue weighted by Gasteiger charge is -2.21. The SMILES string of the molecule is CCN(C(=O)CCNc1ccc(C)c(Br)c1)c1ccccc1. The molecule has 0 atom stereocenters. The predicted molar refractivity (Wildman–Crippen MR) is 96.5 cm³/mol. The summed E-state index contributed by atoms with van der Waals surface area (Å²) >= 11 is 3.52. The van der Waals surface area contributed by atoms with Gasteiger partial charge in [0.25, 0.3) is 0 Å². The molecule has 0 aliphatic rings. The van der Waals surface area contributed by atoms with Gasteiger partial charge in [-0.3, -0.25) is 4.79 Å². The molecule has 0 radical (unpaired) electrons. The van der Waals surface area contributed by atoms with Gasteiger partial charge < -0.3 is 10.2 Å². The van der Waals surface area contributed by atoms with Crippen LogP contribution in [0.2, 0.25) is 0 Å². The molecule has 0 heterocycles. The Morgan fingerprint density at radius 2 is 1.91 bits per heavy atom. The van der Waals surface area contributed by atoms with E-state index >= 15 is 0 Å². The van der Waals surface area contributed by atoms with Crippen LogP contribution in [-0.4, -0.2) is 19.0 Å². The predicted octanol–water partition coefficient (Wildman–Crippen LogP) is 4.61. The number of aryl methyl sites for hydroxylation is 1. The minimum Gasteiger partial charge on any atom is -0.384 e. The average molecular weight is 361 g/mol. The second-order valence-electron chi connectivity index (χ2n) is 5.11. The third-order valence-electron chi connectivity index (χ3n) is 3.52. The lowest BCUT2D eigenvalue weighted by molar-refractivity contribution is -0.118. The highest BCUT2D eigenvalue weighted by Gasteiger charge is 2.12. The highest BCUT2D eigenvalue weighted by Crippen LogP contribution is 2.20. The molecule has 2 rings (SSSR count). The second kappa shape index (κ2) is 7.99. The lowest BCUT2D eigenvalue weighted by atomic mass is 10.2. The maximum atomic E-state index is 12.4. The Morgan fingerprint density at radius 1 is 1.18 bits per heavy atom. The van der Waals surface area contributed by atoms with Gasteiger partial charge in [0.05, 0.1) is 0 Å². The van der Waals surface area contributed by atoms with Gasteiger partial charge in [-0.25, -0.2) is 0 Å². The summed E-state index contributed by atoms with van der Waals surface area (Å²) in [5.41, 5.74) is 3.17. The number of halogens is 1. The zero-order valence-electron chi connectivity index (χ0n) is 13.0. The van der Waals surface area contributed by atoms with Crippen LogP contribution in [0.25, 0.3) is 0 Å². The normalized spacial score (nSPS) is 10.3. The molecule has 0 saturated heterocycles. The molecule has 1 amide bonds. The molecule has 0 unspecified atom stereocenters. The molecule has 0 fully saturated rings. The number of nitrogens with one attached hydrogen (secondary N) is 1. The lowest BCUT2D eigenvalue weighted by Crippen LogP contribution is -2.31. The third kappa shape index (κ3) is 4.34. The van der Waals surface area contributed by atoms with Gasteiger partial charge in [0.2, 0.25) is 5.91 Å². The van der Waals surface area contributed by atoms with Gasteiger partial charge in [-0.15, -0.1) is 0 Å². The van der Waals surface area contributed by atoms with Gasteiger partial charge in [0, 0.05) is 35.4 Å². The van der Waals surface area contributed by atoms with Crippen molar-refractivity contribution in [2.75, 3.05) is 23.3 Å². The summed E-state index contributed by atoms with van der Waals surface area (Å²) in [6, 6.07) is 15.9. The van der Waals surface area contributed by atoms with Crippen LogP contribution >= 0.6 is 15.9 Å². The molecule has 0 aliphatic heterocycles. The first kappa shape index (κ1) is 16.6. The van der Waals surface area contributed by atoms with E-state index in [9.17, 15) is 4.79 Å². The smallest absolute Gasteiger partial charge is 0.228 e. The molecule has 116 valence electrons. The number of carbonyl (C=O) groups is 1. The molecule has 22 heavy (non-hydrogen) atoms. The van der Waals surface area contributed by atoms with Crippen LogP contribution in [0, 0.1) is 6.92 Å². The number of para-hydroxylation sites is 1. The van der Waals surface area contributed by atoms with E-state index in [1.807, 2.05) is 54.3 Å². The molecular weight excluding hydrogens is 340 g/mol. The van der Waals surface area contributed by atoms with Crippen molar-refractivity contribution >= 4 is 33.2 Å². The fraction of sp³-hybridized carbons (Fsp3) is 0.278. The van der Waals surface area contributed by atoms with Crippen LogP contribution in [0.15, 0.2) is 53.0 Å². The molecule has 0 spiro atoms. The van der Waals surface area contributed by atoms with Crippen LogP contribution in [0.1, 0.15) is 18.9 Å². The van der Waals surface area contributed by atoms with E-state index in [1.54, 1.807) is 0 Å². The maximum absolute atomic E-state index is 12.4. The summed E-state index contributed by atoms with van der Waals surface area (Å²) in [5.74, 6) is 0.132. The van der Waals surface area contributed by atoms with Gasteiger partial charge in [0.15, 0.2) is 0 Å². The number of rotatable bonds is 6. The Morgan fingerprint density at radius 3 is 2.55 bits per heavy atom. The Kier molecular flexibility index (Phi) is 6.01. The van der Waals surface area contributed by atoms with Gasteiger partial charge in [-0.1, -0.05) is 40.2 Å². The van der Waals surface area contributed by atoms with Crippen LogP contribution in [0.4, 0.5) is 11.4 Å². The van der Waals surface area contributed by atoms with Crippen molar-refractivity contribution in [3.63, 3.8) is 0 Å². The third-order valence-corrected chi connectivity index (χ3v) is 4.38. The quantitative estimate of drug-likeness (QED) is 0.815. The Hall–Kier alpha value is -1.81. The molecule has 4 heteroatoms. The van der Waals surface area contributed by atoms with Gasteiger partial charge >= 0.3 is 0 Å². The zero-order chi connectivity index (χ0) is 15.9. The van der Waals surface area contributed by atoms with E-state index < -0.39 is 0 Å². The van der Waals surface area contributed by atoms with Gasteiger partial charge in [-0.2, -0.15) is 0 Å². The number of hydrogen-bond acceptors (Lipinski definition) is 2. The first-order chi connectivity index (χ1) is 10.6. The summed E-state index contributed by atoms with van der Waals surface area (Å²) in [4.78, 5) is 14.2. The van der Waals surface area contributed by atoms with Crippen LogP contribution in [0.5, 0.6) is 0 Å². The fourth-order valence-electron chi connectivity index (χ4n) is 2.26. The van der Waals surface area contributed by atoms with Crippen molar-refractivity contribution in [3.8, 4) is 0 Å². The number of nitrogens with zero attached hydrogens (tertiary/aromatic N) is 1.